The number of benzene rings is 2. The molecule has 2 atom stereocenters. The fraction of sp³-hybridized carbons (Fsp3) is 0.519. The molecule has 2 fully saturated rings. The second-order valence-corrected chi connectivity index (χ2v) is 9.72. The van der Waals surface area contributed by atoms with Gasteiger partial charge in [0.25, 0.3) is 0 Å². The third kappa shape index (κ3) is 6.95. The number of carbonyl (C=O) groups is 1. The van der Waals surface area contributed by atoms with Crippen LogP contribution in [0.5, 0.6) is 11.5 Å². The van der Waals surface area contributed by atoms with Crippen molar-refractivity contribution in [3.8, 4) is 11.5 Å². The van der Waals surface area contributed by atoms with Crippen LogP contribution >= 0.6 is 0 Å². The Hall–Kier alpha value is -2.89. The molecular formula is C27H32F4N2O5. The molecule has 0 radical (unpaired) electrons. The number of ether oxygens (including phenoxy) is 3. The third-order valence-corrected chi connectivity index (χ3v) is 7.22. The number of hydrogen-bond acceptors (Lipinski definition) is 6. The summed E-state index contributed by atoms with van der Waals surface area (Å²) in [6.07, 6.45) is -1.77. The van der Waals surface area contributed by atoms with E-state index < -0.39 is 35.4 Å². The molecule has 1 heterocycles. The molecule has 0 aromatic heterocycles. The maximum Gasteiger partial charge on any atom is 0.502 e. The maximum absolute atomic E-state index is 14.3. The van der Waals surface area contributed by atoms with E-state index in [1.807, 2.05) is 24.3 Å². The Labute approximate surface area is 218 Å². The summed E-state index contributed by atoms with van der Waals surface area (Å²) in [7, 11) is 1.63. The molecule has 7 nitrogen and oxygen atoms in total. The van der Waals surface area contributed by atoms with Crippen molar-refractivity contribution < 1.29 is 41.7 Å². The van der Waals surface area contributed by atoms with E-state index in [1.165, 1.54) is 0 Å². The molecule has 1 aliphatic carbocycles. The number of rotatable bonds is 11. The molecule has 2 aromatic carbocycles. The van der Waals surface area contributed by atoms with Crippen LogP contribution in [0.15, 0.2) is 36.4 Å². The Morgan fingerprint density at radius 1 is 1.11 bits per heavy atom. The van der Waals surface area contributed by atoms with Gasteiger partial charge in [0.1, 0.15) is 11.6 Å². The fourth-order valence-corrected chi connectivity index (χ4v) is 5.12. The van der Waals surface area contributed by atoms with Gasteiger partial charge in [-0.15, -0.1) is 0 Å². The molecule has 2 aliphatic rings. The van der Waals surface area contributed by atoms with Gasteiger partial charge in [-0.2, -0.15) is 8.78 Å². The van der Waals surface area contributed by atoms with Gasteiger partial charge in [0.2, 0.25) is 0 Å². The average Bonchev–Trinajstić information content (AvgIpc) is 3.35. The van der Waals surface area contributed by atoms with Gasteiger partial charge in [-0.1, -0.05) is 12.1 Å². The lowest BCUT2D eigenvalue weighted by atomic mass is 9.82. The van der Waals surface area contributed by atoms with Gasteiger partial charge in [-0.25, -0.2) is 13.6 Å². The highest BCUT2D eigenvalue weighted by Crippen LogP contribution is 2.41. The molecule has 208 valence electrons. The van der Waals surface area contributed by atoms with E-state index in [1.54, 1.807) is 7.11 Å². The molecular weight excluding hydrogens is 508 g/mol. The molecule has 1 saturated carbocycles. The zero-order valence-corrected chi connectivity index (χ0v) is 21.0. The van der Waals surface area contributed by atoms with Crippen molar-refractivity contribution in [2.24, 2.45) is 0 Å². The summed E-state index contributed by atoms with van der Waals surface area (Å²) in [6, 6.07) is 9.57. The molecule has 38 heavy (non-hydrogen) atoms. The number of nitrogens with one attached hydrogen (secondary N) is 2. The van der Waals surface area contributed by atoms with E-state index in [4.69, 9.17) is 14.6 Å². The highest BCUT2D eigenvalue weighted by molar-refractivity contribution is 5.74. The summed E-state index contributed by atoms with van der Waals surface area (Å²) in [4.78, 5) is 10.8. The molecule has 2 aromatic rings. The lowest BCUT2D eigenvalue weighted by Gasteiger charge is -2.31. The number of alkyl halides is 2. The molecule has 0 spiro atoms. The van der Waals surface area contributed by atoms with Gasteiger partial charge in [0, 0.05) is 30.3 Å². The van der Waals surface area contributed by atoms with Crippen molar-refractivity contribution in [1.82, 2.24) is 10.6 Å². The second-order valence-electron chi connectivity index (χ2n) is 9.72. The Balaban J connectivity index is 1.29. The first-order valence-electron chi connectivity index (χ1n) is 12.7. The topological polar surface area (TPSA) is 89.0 Å². The standard InChI is InChI=1S/C27H32F4N2O5/c1-36-19-6-2-16(3-7-19)14-33-23-10-11-32-24(23)15-37-20-8-4-17(5-9-20)21-12-18(28)13-22(29)25(21)38-27(30,31)26(34)35/h2-3,6-7,12-13,17,20,23-24,32-33H,4-5,8-11,14-15H2,1H3,(H,34,35). The van der Waals surface area contributed by atoms with E-state index in [2.05, 4.69) is 15.4 Å². The Morgan fingerprint density at radius 2 is 1.82 bits per heavy atom. The number of carboxylic acids is 1. The average molecular weight is 541 g/mol. The van der Waals surface area contributed by atoms with Gasteiger partial charge < -0.3 is 30.0 Å². The normalized spacial score (nSPS) is 23.8. The molecule has 1 saturated heterocycles. The highest BCUT2D eigenvalue weighted by Gasteiger charge is 2.44. The second kappa shape index (κ2) is 12.3. The van der Waals surface area contributed by atoms with Gasteiger partial charge in [-0.05, 0) is 68.3 Å². The Bertz CT molecular complexity index is 1090. The van der Waals surface area contributed by atoms with Gasteiger partial charge in [0.15, 0.2) is 11.6 Å². The lowest BCUT2D eigenvalue weighted by molar-refractivity contribution is -0.211. The predicted octanol–water partition coefficient (Wildman–Crippen LogP) is 4.59. The minimum absolute atomic E-state index is 0.0841. The summed E-state index contributed by atoms with van der Waals surface area (Å²) in [5.74, 6) is -5.45. The molecule has 11 heteroatoms. The van der Waals surface area contributed by atoms with Gasteiger partial charge >= 0.3 is 12.1 Å². The summed E-state index contributed by atoms with van der Waals surface area (Å²) in [5, 5.41) is 15.7. The SMILES string of the molecule is COc1ccc(CNC2CCNC2COC2CCC(c3cc(F)cc(F)c3OC(F)(F)C(=O)O)CC2)cc1. The van der Waals surface area contributed by atoms with Crippen LogP contribution in [-0.4, -0.2) is 55.6 Å². The molecule has 4 rings (SSSR count). The summed E-state index contributed by atoms with van der Waals surface area (Å²) < 4.78 is 71.2. The molecule has 0 bridgehead atoms. The predicted molar refractivity (Wildman–Crippen MR) is 131 cm³/mol. The number of halogens is 4. The fourth-order valence-electron chi connectivity index (χ4n) is 5.12. The zero-order chi connectivity index (χ0) is 27.3. The van der Waals surface area contributed by atoms with E-state index in [0.717, 1.165) is 30.3 Å². The zero-order valence-electron chi connectivity index (χ0n) is 21.0. The quantitative estimate of drug-likeness (QED) is 0.359. The van der Waals surface area contributed by atoms with E-state index >= 15 is 0 Å². The Kier molecular flexibility index (Phi) is 9.11. The highest BCUT2D eigenvalue weighted by atomic mass is 19.3. The minimum Gasteiger partial charge on any atom is -0.497 e. The van der Waals surface area contributed by atoms with E-state index in [0.29, 0.717) is 44.9 Å². The monoisotopic (exact) mass is 540 g/mol. The summed E-state index contributed by atoms with van der Waals surface area (Å²) in [6.45, 7) is 2.08. The van der Waals surface area contributed by atoms with Crippen molar-refractivity contribution in [3.63, 3.8) is 0 Å². The molecule has 2 unspecified atom stereocenters. The van der Waals surface area contributed by atoms with Crippen LogP contribution in [0.1, 0.15) is 49.1 Å². The van der Waals surface area contributed by atoms with Crippen molar-refractivity contribution in [3.05, 3.63) is 59.2 Å². The summed E-state index contributed by atoms with van der Waals surface area (Å²) in [5.41, 5.74) is 1.05. The first-order valence-corrected chi connectivity index (χ1v) is 12.7. The summed E-state index contributed by atoms with van der Waals surface area (Å²) >= 11 is 0. The smallest absolute Gasteiger partial charge is 0.497 e. The molecule has 1 aliphatic heterocycles. The van der Waals surface area contributed by atoms with Crippen molar-refractivity contribution in [2.45, 2.75) is 68.9 Å². The van der Waals surface area contributed by atoms with Gasteiger partial charge in [0.05, 0.1) is 19.8 Å². The van der Waals surface area contributed by atoms with Crippen LogP contribution in [0, 0.1) is 11.6 Å². The maximum atomic E-state index is 14.3. The third-order valence-electron chi connectivity index (χ3n) is 7.22. The number of carboxylic acid groups (broad SMARTS) is 1. The van der Waals surface area contributed by atoms with Crippen LogP contribution in [0.3, 0.4) is 0 Å². The first kappa shape index (κ1) is 28.1. The van der Waals surface area contributed by atoms with E-state index in [-0.39, 0.29) is 23.8 Å². The largest absolute Gasteiger partial charge is 0.502 e. The van der Waals surface area contributed by atoms with Crippen LogP contribution in [-0.2, 0) is 16.1 Å². The first-order chi connectivity index (χ1) is 18.2. The van der Waals surface area contributed by atoms with Gasteiger partial charge in [-0.3, -0.25) is 0 Å². The van der Waals surface area contributed by atoms with Crippen molar-refractivity contribution in [2.75, 3.05) is 20.3 Å². The Morgan fingerprint density at radius 3 is 2.47 bits per heavy atom. The number of aliphatic carboxylic acids is 1. The van der Waals surface area contributed by atoms with Crippen molar-refractivity contribution in [1.29, 1.82) is 0 Å². The molecule has 3 N–H and O–H groups in total. The number of hydrogen-bond donors (Lipinski definition) is 3. The van der Waals surface area contributed by atoms with Crippen LogP contribution in [0.2, 0.25) is 0 Å². The van der Waals surface area contributed by atoms with Crippen LogP contribution in [0.25, 0.3) is 0 Å². The molecule has 0 amide bonds. The van der Waals surface area contributed by atoms with Crippen LogP contribution in [0.4, 0.5) is 17.6 Å². The van der Waals surface area contributed by atoms with E-state index in [9.17, 15) is 22.4 Å². The minimum atomic E-state index is -4.64. The van der Waals surface area contributed by atoms with Crippen LogP contribution < -0.4 is 20.1 Å². The lowest BCUT2D eigenvalue weighted by Crippen LogP contribution is -2.44. The number of methoxy groups -OCH3 is 1. The van der Waals surface area contributed by atoms with Crippen molar-refractivity contribution >= 4 is 5.97 Å².